The monoisotopic (exact) mass is 619 g/mol. The fourth-order valence-corrected chi connectivity index (χ4v) is 7.56. The maximum atomic E-state index is 12.1. The Morgan fingerprint density at radius 1 is 1.16 bits per heavy atom. The highest BCUT2D eigenvalue weighted by Crippen LogP contribution is 2.39. The van der Waals surface area contributed by atoms with Gasteiger partial charge in [0.15, 0.2) is 0 Å². The molecule has 1 N–H and O–H groups in total. The maximum Gasteiger partial charge on any atom is 0.309 e. The minimum absolute atomic E-state index is 0.0341. The third-order valence-electron chi connectivity index (χ3n) is 9.55. The number of hydrogen-bond donors (Lipinski definition) is 1. The molecule has 8 nitrogen and oxygen atoms in total. The Hall–Kier alpha value is -3.17. The van der Waals surface area contributed by atoms with Gasteiger partial charge in [0.2, 0.25) is 0 Å². The fourth-order valence-electron chi connectivity index (χ4n) is 7.33. The minimum Gasteiger partial charge on any atom is -0.487 e. The van der Waals surface area contributed by atoms with Crippen LogP contribution in [0, 0.1) is 18.8 Å². The van der Waals surface area contributed by atoms with E-state index in [0.717, 1.165) is 62.4 Å². The van der Waals surface area contributed by atoms with Crippen molar-refractivity contribution in [3.8, 4) is 17.0 Å². The van der Waals surface area contributed by atoms with Gasteiger partial charge in [-0.3, -0.25) is 9.69 Å². The molecule has 2 fully saturated rings. The molecular weight excluding hydrogens is 578 g/mol. The van der Waals surface area contributed by atoms with Crippen molar-refractivity contribution >= 4 is 23.4 Å². The number of rotatable bonds is 9. The lowest BCUT2D eigenvalue weighted by Crippen LogP contribution is -2.42. The van der Waals surface area contributed by atoms with Gasteiger partial charge in [-0.2, -0.15) is 0 Å². The van der Waals surface area contributed by atoms with Crippen LogP contribution < -0.4 is 9.64 Å². The molecule has 3 aliphatic rings. The summed E-state index contributed by atoms with van der Waals surface area (Å²) in [5, 5.41) is 10.4. The first kappa shape index (κ1) is 30.8. The number of hydrogen-bond acceptors (Lipinski definition) is 7. The second-order valence-corrected chi connectivity index (χ2v) is 12.8. The van der Waals surface area contributed by atoms with Gasteiger partial charge in [-0.05, 0) is 78.6 Å². The highest BCUT2D eigenvalue weighted by molar-refractivity contribution is 6.32. The number of carboxylic acid groups (broad SMARTS) is 1. The maximum absolute atomic E-state index is 12.1. The van der Waals surface area contributed by atoms with Gasteiger partial charge in [-0.1, -0.05) is 42.8 Å². The third kappa shape index (κ3) is 6.31. The van der Waals surface area contributed by atoms with Crippen LogP contribution in [0.1, 0.15) is 42.0 Å². The first-order valence-electron chi connectivity index (χ1n) is 15.6. The standard InChI is InChI=1S/C35H42ClN3O5/c1-22-16-24(17-25-10-13-38(19-28(22)25)26-11-14-43-15-12-26)20-44-34-27(6-4-7-29(34)36)30-8-5-9-32(37-30)39-18-23(2)33(35(40)41)31(39)21-42-3/h4-9,16-17,23,26,31,33H,10-15,18-21H2,1-3H3,(H,40,41)/t23-,31+,33+/m0/s1. The largest absolute Gasteiger partial charge is 0.487 e. The van der Waals surface area contributed by atoms with E-state index < -0.39 is 11.9 Å². The number of aromatic nitrogens is 1. The van der Waals surface area contributed by atoms with Crippen LogP contribution in [0.2, 0.25) is 5.02 Å². The Morgan fingerprint density at radius 2 is 1.95 bits per heavy atom. The summed E-state index contributed by atoms with van der Waals surface area (Å²) in [5.41, 5.74) is 6.80. The summed E-state index contributed by atoms with van der Waals surface area (Å²) in [6.07, 6.45) is 3.27. The number of ether oxygens (including phenoxy) is 3. The predicted molar refractivity (Wildman–Crippen MR) is 171 cm³/mol. The van der Waals surface area contributed by atoms with Crippen molar-refractivity contribution in [1.82, 2.24) is 9.88 Å². The highest BCUT2D eigenvalue weighted by atomic mass is 35.5. The average Bonchev–Trinajstić information content (AvgIpc) is 3.36. The number of aliphatic carboxylic acids is 1. The van der Waals surface area contributed by atoms with Crippen LogP contribution in [0.15, 0.2) is 48.5 Å². The van der Waals surface area contributed by atoms with Gasteiger partial charge in [0.05, 0.1) is 29.3 Å². The van der Waals surface area contributed by atoms with Crippen molar-refractivity contribution in [2.45, 2.75) is 58.3 Å². The molecule has 6 rings (SSSR count). The van der Waals surface area contributed by atoms with E-state index in [1.165, 1.54) is 16.7 Å². The number of para-hydroxylation sites is 1. The minimum atomic E-state index is -0.808. The van der Waals surface area contributed by atoms with Crippen molar-refractivity contribution in [3.05, 3.63) is 75.8 Å². The van der Waals surface area contributed by atoms with Gasteiger partial charge in [-0.15, -0.1) is 0 Å². The zero-order valence-corrected chi connectivity index (χ0v) is 26.6. The van der Waals surface area contributed by atoms with E-state index in [0.29, 0.717) is 42.4 Å². The number of halogens is 1. The van der Waals surface area contributed by atoms with Gasteiger partial charge >= 0.3 is 5.97 Å². The van der Waals surface area contributed by atoms with Crippen LogP contribution in [-0.4, -0.2) is 73.1 Å². The lowest BCUT2D eigenvalue weighted by Gasteiger charge is -2.38. The average molecular weight is 620 g/mol. The second kappa shape index (κ2) is 13.4. The molecule has 3 aliphatic heterocycles. The molecule has 0 unspecified atom stereocenters. The number of nitrogens with zero attached hydrogens (tertiary/aromatic N) is 3. The van der Waals surface area contributed by atoms with Crippen molar-refractivity contribution in [1.29, 1.82) is 0 Å². The first-order chi connectivity index (χ1) is 21.3. The van der Waals surface area contributed by atoms with E-state index in [4.69, 9.17) is 30.8 Å². The first-order valence-corrected chi connectivity index (χ1v) is 16.0. The van der Waals surface area contributed by atoms with Crippen LogP contribution in [0.3, 0.4) is 0 Å². The van der Waals surface area contributed by atoms with Crippen LogP contribution >= 0.6 is 11.6 Å². The smallest absolute Gasteiger partial charge is 0.309 e. The van der Waals surface area contributed by atoms with Crippen molar-refractivity contribution < 1.29 is 24.1 Å². The fraction of sp³-hybridized carbons (Fsp3) is 0.486. The number of carboxylic acids is 1. The number of methoxy groups -OCH3 is 1. The van der Waals surface area contributed by atoms with Crippen LogP contribution in [0.4, 0.5) is 5.82 Å². The molecule has 0 saturated carbocycles. The summed E-state index contributed by atoms with van der Waals surface area (Å²) in [5.74, 6) is -0.0702. The van der Waals surface area contributed by atoms with Gasteiger partial charge in [0, 0.05) is 51.6 Å². The van der Waals surface area contributed by atoms with Crippen LogP contribution in [-0.2, 0) is 33.8 Å². The Balaban J connectivity index is 1.21. The summed E-state index contributed by atoms with van der Waals surface area (Å²) in [6.45, 7) is 9.28. The Kier molecular flexibility index (Phi) is 9.42. The topological polar surface area (TPSA) is 84.4 Å². The molecule has 9 heteroatoms. The third-order valence-corrected chi connectivity index (χ3v) is 9.85. The summed E-state index contributed by atoms with van der Waals surface area (Å²) in [7, 11) is 1.60. The highest BCUT2D eigenvalue weighted by Gasteiger charge is 2.44. The zero-order chi connectivity index (χ0) is 30.8. The zero-order valence-electron chi connectivity index (χ0n) is 25.8. The number of carbonyl (C=O) groups is 1. The molecule has 0 spiro atoms. The van der Waals surface area contributed by atoms with Crippen molar-refractivity contribution in [3.63, 3.8) is 0 Å². The van der Waals surface area contributed by atoms with E-state index in [2.05, 4.69) is 28.9 Å². The molecular formula is C35H42ClN3O5. The second-order valence-electron chi connectivity index (χ2n) is 12.4. The normalized spacial score (nSPS) is 22.6. The van der Waals surface area contributed by atoms with Crippen LogP contribution in [0.5, 0.6) is 5.75 Å². The van der Waals surface area contributed by atoms with E-state index in [9.17, 15) is 9.90 Å². The predicted octanol–water partition coefficient (Wildman–Crippen LogP) is 6.00. The van der Waals surface area contributed by atoms with Gasteiger partial charge in [-0.25, -0.2) is 4.98 Å². The molecule has 3 atom stereocenters. The summed E-state index contributed by atoms with van der Waals surface area (Å²) in [6, 6.07) is 16.4. The van der Waals surface area contributed by atoms with E-state index >= 15 is 0 Å². The molecule has 0 amide bonds. The molecule has 2 saturated heterocycles. The van der Waals surface area contributed by atoms with Gasteiger partial charge in [0.25, 0.3) is 0 Å². The molecule has 3 aromatic rings. The summed E-state index contributed by atoms with van der Waals surface area (Å²) < 4.78 is 17.5. The molecule has 44 heavy (non-hydrogen) atoms. The van der Waals surface area contributed by atoms with Crippen molar-refractivity contribution in [2.75, 3.05) is 44.9 Å². The molecule has 2 aromatic carbocycles. The molecule has 0 radical (unpaired) electrons. The summed E-state index contributed by atoms with van der Waals surface area (Å²) in [4.78, 5) is 21.7. The summed E-state index contributed by atoms with van der Waals surface area (Å²) >= 11 is 6.73. The number of fused-ring (bicyclic) bond motifs is 1. The SMILES string of the molecule is COC[C@@H]1[C@H](C(=O)O)[C@@H](C)CN1c1cccc(-c2cccc(Cl)c2OCc2cc(C)c3c(c2)CCN(C2CCOCC2)C3)n1. The molecule has 4 heterocycles. The quantitative estimate of drug-likeness (QED) is 0.312. The Labute approximate surface area is 264 Å². The Morgan fingerprint density at radius 3 is 2.73 bits per heavy atom. The van der Waals surface area contributed by atoms with Crippen molar-refractivity contribution in [2.24, 2.45) is 11.8 Å². The van der Waals surface area contributed by atoms with Gasteiger partial charge < -0.3 is 24.2 Å². The molecule has 0 bridgehead atoms. The van der Waals surface area contributed by atoms with Crippen LogP contribution in [0.25, 0.3) is 11.3 Å². The number of aryl methyl sites for hydroxylation is 1. The Bertz CT molecular complexity index is 1490. The number of anilines is 1. The van der Waals surface area contributed by atoms with E-state index in [1.807, 2.05) is 43.3 Å². The van der Waals surface area contributed by atoms with Gasteiger partial charge in [0.1, 0.15) is 18.2 Å². The lowest BCUT2D eigenvalue weighted by molar-refractivity contribution is -0.143. The van der Waals surface area contributed by atoms with E-state index in [1.54, 1.807) is 7.11 Å². The number of benzene rings is 2. The molecule has 1 aromatic heterocycles. The number of pyridine rings is 1. The molecule has 0 aliphatic carbocycles. The lowest BCUT2D eigenvalue weighted by atomic mass is 9.91. The van der Waals surface area contributed by atoms with E-state index in [-0.39, 0.29) is 12.0 Å². The molecule has 234 valence electrons.